The Hall–Kier alpha value is -0.0400. The summed E-state index contributed by atoms with van der Waals surface area (Å²) in [5.74, 6) is 2.44. The first-order valence-corrected chi connectivity index (χ1v) is 7.65. The Morgan fingerprint density at radius 1 is 1.00 bits per heavy atom. The van der Waals surface area contributed by atoms with Crippen LogP contribution in [-0.4, -0.2) is 6.04 Å². The summed E-state index contributed by atoms with van der Waals surface area (Å²) >= 11 is 0. The molecule has 0 amide bonds. The summed E-state index contributed by atoms with van der Waals surface area (Å²) < 4.78 is 0. The SMILES string of the molecule is CCC(CC)C(N)C1CCC(C(C)(C)C)CC1. The number of nitrogens with two attached hydrogens (primary N) is 1. The van der Waals surface area contributed by atoms with Crippen molar-refractivity contribution >= 4 is 0 Å². The van der Waals surface area contributed by atoms with Crippen LogP contribution in [0.15, 0.2) is 0 Å². The number of hydrogen-bond donors (Lipinski definition) is 1. The van der Waals surface area contributed by atoms with E-state index in [2.05, 4.69) is 34.6 Å². The second-order valence-corrected chi connectivity index (χ2v) is 7.13. The fourth-order valence-electron chi connectivity index (χ4n) is 3.59. The first-order valence-electron chi connectivity index (χ1n) is 7.65. The first kappa shape index (κ1) is 15.0. The minimum atomic E-state index is 0.450. The molecule has 1 aliphatic carbocycles. The Labute approximate surface area is 109 Å². The topological polar surface area (TPSA) is 26.0 Å². The maximum Gasteiger partial charge on any atom is 0.00954 e. The summed E-state index contributed by atoms with van der Waals surface area (Å²) in [4.78, 5) is 0. The number of hydrogen-bond acceptors (Lipinski definition) is 1. The van der Waals surface area contributed by atoms with E-state index in [1.807, 2.05) is 0 Å². The Morgan fingerprint density at radius 3 is 1.82 bits per heavy atom. The smallest absolute Gasteiger partial charge is 0.00954 e. The molecule has 0 aromatic carbocycles. The molecular formula is C16H33N. The van der Waals surface area contributed by atoms with E-state index in [4.69, 9.17) is 5.73 Å². The third-order valence-electron chi connectivity index (χ3n) is 5.13. The highest BCUT2D eigenvalue weighted by atomic mass is 14.7. The van der Waals surface area contributed by atoms with Gasteiger partial charge in [0.1, 0.15) is 0 Å². The van der Waals surface area contributed by atoms with Gasteiger partial charge < -0.3 is 5.73 Å². The minimum absolute atomic E-state index is 0.450. The van der Waals surface area contributed by atoms with Crippen LogP contribution in [0.25, 0.3) is 0 Å². The molecule has 1 rings (SSSR count). The van der Waals surface area contributed by atoms with Crippen molar-refractivity contribution in [3.63, 3.8) is 0 Å². The van der Waals surface area contributed by atoms with Crippen LogP contribution < -0.4 is 5.73 Å². The molecular weight excluding hydrogens is 206 g/mol. The number of rotatable bonds is 4. The zero-order valence-corrected chi connectivity index (χ0v) is 12.6. The summed E-state index contributed by atoms with van der Waals surface area (Å²) in [5, 5.41) is 0. The van der Waals surface area contributed by atoms with Gasteiger partial charge in [0.25, 0.3) is 0 Å². The second-order valence-electron chi connectivity index (χ2n) is 7.13. The van der Waals surface area contributed by atoms with Crippen molar-refractivity contribution in [2.75, 3.05) is 0 Å². The average Bonchev–Trinajstić information content (AvgIpc) is 2.29. The molecule has 0 saturated heterocycles. The van der Waals surface area contributed by atoms with Crippen LogP contribution in [-0.2, 0) is 0 Å². The van der Waals surface area contributed by atoms with Gasteiger partial charge in [-0.2, -0.15) is 0 Å². The maximum atomic E-state index is 6.47. The van der Waals surface area contributed by atoms with Crippen molar-refractivity contribution in [1.82, 2.24) is 0 Å². The Bertz CT molecular complexity index is 204. The van der Waals surface area contributed by atoms with Crippen molar-refractivity contribution in [2.45, 2.75) is 79.2 Å². The Kier molecular flexibility index (Phi) is 5.50. The largest absolute Gasteiger partial charge is 0.327 e. The molecule has 1 heteroatoms. The van der Waals surface area contributed by atoms with Crippen LogP contribution in [0.5, 0.6) is 0 Å². The van der Waals surface area contributed by atoms with Gasteiger partial charge in [-0.1, -0.05) is 47.5 Å². The highest BCUT2D eigenvalue weighted by molar-refractivity contribution is 4.86. The van der Waals surface area contributed by atoms with Crippen LogP contribution in [0, 0.1) is 23.2 Å². The molecule has 0 bridgehead atoms. The van der Waals surface area contributed by atoms with Crippen LogP contribution in [0.4, 0.5) is 0 Å². The summed E-state index contributed by atoms with van der Waals surface area (Å²) in [7, 11) is 0. The molecule has 1 atom stereocenters. The predicted molar refractivity (Wildman–Crippen MR) is 77.0 cm³/mol. The summed E-state index contributed by atoms with van der Waals surface area (Å²) in [6, 6.07) is 0.450. The molecule has 17 heavy (non-hydrogen) atoms. The third kappa shape index (κ3) is 3.98. The summed E-state index contributed by atoms with van der Waals surface area (Å²) in [6.07, 6.45) is 8.00. The van der Waals surface area contributed by atoms with Crippen molar-refractivity contribution in [3.05, 3.63) is 0 Å². The van der Waals surface area contributed by atoms with Crippen LogP contribution >= 0.6 is 0 Å². The van der Waals surface area contributed by atoms with Gasteiger partial charge in [0.15, 0.2) is 0 Å². The highest BCUT2D eigenvalue weighted by Crippen LogP contribution is 2.41. The molecule has 1 saturated carbocycles. The molecule has 2 N–H and O–H groups in total. The monoisotopic (exact) mass is 239 g/mol. The minimum Gasteiger partial charge on any atom is -0.327 e. The maximum absolute atomic E-state index is 6.47. The van der Waals surface area contributed by atoms with Crippen molar-refractivity contribution < 1.29 is 0 Å². The van der Waals surface area contributed by atoms with Crippen LogP contribution in [0.2, 0.25) is 0 Å². The van der Waals surface area contributed by atoms with Gasteiger partial charge in [0, 0.05) is 6.04 Å². The van der Waals surface area contributed by atoms with Crippen molar-refractivity contribution in [1.29, 1.82) is 0 Å². The van der Waals surface area contributed by atoms with Gasteiger partial charge >= 0.3 is 0 Å². The van der Waals surface area contributed by atoms with Gasteiger partial charge in [-0.15, -0.1) is 0 Å². The molecule has 1 aliphatic rings. The molecule has 0 radical (unpaired) electrons. The Balaban J connectivity index is 2.46. The zero-order chi connectivity index (χ0) is 13.1. The predicted octanol–water partition coefficient (Wildman–Crippen LogP) is 4.60. The normalized spacial score (nSPS) is 28.4. The molecule has 0 aromatic rings. The lowest BCUT2D eigenvalue weighted by Gasteiger charge is -2.40. The molecule has 0 aliphatic heterocycles. The van der Waals surface area contributed by atoms with Gasteiger partial charge in [-0.3, -0.25) is 0 Å². The molecule has 102 valence electrons. The van der Waals surface area contributed by atoms with E-state index in [1.54, 1.807) is 0 Å². The molecule has 0 aromatic heterocycles. The lowest BCUT2D eigenvalue weighted by Crippen LogP contribution is -2.40. The van der Waals surface area contributed by atoms with Crippen molar-refractivity contribution in [2.24, 2.45) is 28.9 Å². The van der Waals surface area contributed by atoms with Gasteiger partial charge in [-0.05, 0) is 48.9 Å². The lowest BCUT2D eigenvalue weighted by molar-refractivity contribution is 0.126. The first-order chi connectivity index (χ1) is 7.90. The van der Waals surface area contributed by atoms with Crippen LogP contribution in [0.1, 0.15) is 73.1 Å². The zero-order valence-electron chi connectivity index (χ0n) is 12.6. The quantitative estimate of drug-likeness (QED) is 0.762. The van der Waals surface area contributed by atoms with E-state index in [0.717, 1.165) is 17.8 Å². The lowest BCUT2D eigenvalue weighted by atomic mass is 9.67. The van der Waals surface area contributed by atoms with E-state index in [1.165, 1.54) is 38.5 Å². The molecule has 1 fully saturated rings. The highest BCUT2D eigenvalue weighted by Gasteiger charge is 2.33. The summed E-state index contributed by atoms with van der Waals surface area (Å²) in [6.45, 7) is 11.7. The summed E-state index contributed by atoms with van der Waals surface area (Å²) in [5.41, 5.74) is 6.96. The molecule has 1 nitrogen and oxygen atoms in total. The van der Waals surface area contributed by atoms with E-state index < -0.39 is 0 Å². The fourth-order valence-corrected chi connectivity index (χ4v) is 3.59. The van der Waals surface area contributed by atoms with Crippen molar-refractivity contribution in [3.8, 4) is 0 Å². The molecule has 1 unspecified atom stereocenters. The second kappa shape index (κ2) is 6.22. The van der Waals surface area contributed by atoms with E-state index in [9.17, 15) is 0 Å². The average molecular weight is 239 g/mol. The fraction of sp³-hybridized carbons (Fsp3) is 1.00. The van der Waals surface area contributed by atoms with Gasteiger partial charge in [0.05, 0.1) is 0 Å². The molecule has 0 spiro atoms. The third-order valence-corrected chi connectivity index (χ3v) is 5.13. The van der Waals surface area contributed by atoms with Crippen LogP contribution in [0.3, 0.4) is 0 Å². The van der Waals surface area contributed by atoms with Gasteiger partial charge in [-0.25, -0.2) is 0 Å². The Morgan fingerprint density at radius 2 is 1.47 bits per heavy atom. The van der Waals surface area contributed by atoms with E-state index >= 15 is 0 Å². The molecule has 0 heterocycles. The van der Waals surface area contributed by atoms with Gasteiger partial charge in [0.2, 0.25) is 0 Å². The van der Waals surface area contributed by atoms with E-state index in [-0.39, 0.29) is 0 Å². The standard InChI is InChI=1S/C16H33N/c1-6-12(7-2)15(17)13-8-10-14(11-9-13)16(3,4)5/h12-15H,6-11,17H2,1-5H3. The van der Waals surface area contributed by atoms with E-state index in [0.29, 0.717) is 11.5 Å².